The Balaban J connectivity index is 1.74. The van der Waals surface area contributed by atoms with Crippen molar-refractivity contribution in [3.8, 4) is 0 Å². The van der Waals surface area contributed by atoms with E-state index in [1.807, 2.05) is 0 Å². The van der Waals surface area contributed by atoms with Gasteiger partial charge in [0, 0.05) is 24.7 Å². The summed E-state index contributed by atoms with van der Waals surface area (Å²) < 4.78 is 5.60. The quantitative estimate of drug-likeness (QED) is 0.835. The molecule has 1 saturated heterocycles. The van der Waals surface area contributed by atoms with Crippen LogP contribution in [0.15, 0.2) is 0 Å². The third kappa shape index (κ3) is 2.33. The van der Waals surface area contributed by atoms with Crippen LogP contribution < -0.4 is 5.73 Å². The smallest absolute Gasteiger partial charge is 0.0620 e. The molecule has 3 atom stereocenters. The van der Waals surface area contributed by atoms with Crippen molar-refractivity contribution in [1.82, 2.24) is 4.90 Å². The molecule has 0 radical (unpaired) electrons. The molecular formula is C15H28N2O. The summed E-state index contributed by atoms with van der Waals surface area (Å²) in [6.45, 7) is 5.99. The highest BCUT2D eigenvalue weighted by atomic mass is 16.5. The van der Waals surface area contributed by atoms with E-state index in [4.69, 9.17) is 10.5 Å². The second-order valence-corrected chi connectivity index (χ2v) is 6.74. The molecule has 3 rings (SSSR count). The second kappa shape index (κ2) is 5.10. The molecule has 3 fully saturated rings. The van der Waals surface area contributed by atoms with Gasteiger partial charge in [0.2, 0.25) is 0 Å². The fraction of sp³-hybridized carbons (Fsp3) is 1.00. The SMILES string of the molecule is CC1COCCN1C1(CN)CCCC(C2CC2)C1. The number of nitrogens with two attached hydrogens (primary N) is 1. The third-order valence-electron chi connectivity index (χ3n) is 5.50. The lowest BCUT2D eigenvalue weighted by molar-refractivity contribution is -0.0767. The maximum atomic E-state index is 6.23. The van der Waals surface area contributed by atoms with Crippen molar-refractivity contribution in [2.24, 2.45) is 17.6 Å². The number of morpholine rings is 1. The Bertz CT molecular complexity index is 292. The maximum absolute atomic E-state index is 6.23. The zero-order chi connectivity index (χ0) is 12.6. The van der Waals surface area contributed by atoms with Gasteiger partial charge in [-0.15, -0.1) is 0 Å². The highest BCUT2D eigenvalue weighted by Crippen LogP contribution is 2.48. The lowest BCUT2D eigenvalue weighted by atomic mass is 9.72. The van der Waals surface area contributed by atoms with Gasteiger partial charge in [-0.25, -0.2) is 0 Å². The lowest BCUT2D eigenvalue weighted by Gasteiger charge is -2.52. The highest BCUT2D eigenvalue weighted by Gasteiger charge is 2.46. The van der Waals surface area contributed by atoms with Crippen molar-refractivity contribution in [2.75, 3.05) is 26.3 Å². The Morgan fingerprint density at radius 2 is 2.11 bits per heavy atom. The Kier molecular flexibility index (Phi) is 3.65. The van der Waals surface area contributed by atoms with Crippen molar-refractivity contribution in [1.29, 1.82) is 0 Å². The molecule has 18 heavy (non-hydrogen) atoms. The first kappa shape index (κ1) is 12.9. The summed E-state index contributed by atoms with van der Waals surface area (Å²) in [5, 5.41) is 0. The number of nitrogens with zero attached hydrogens (tertiary/aromatic N) is 1. The largest absolute Gasteiger partial charge is 0.379 e. The van der Waals surface area contributed by atoms with Crippen LogP contribution in [0.1, 0.15) is 45.4 Å². The number of ether oxygens (including phenoxy) is 1. The topological polar surface area (TPSA) is 38.5 Å². The van der Waals surface area contributed by atoms with Crippen LogP contribution in [-0.2, 0) is 4.74 Å². The van der Waals surface area contributed by atoms with Crippen molar-refractivity contribution in [2.45, 2.75) is 57.0 Å². The first-order valence-corrected chi connectivity index (χ1v) is 7.80. The van der Waals surface area contributed by atoms with Gasteiger partial charge in [0.25, 0.3) is 0 Å². The van der Waals surface area contributed by atoms with Gasteiger partial charge in [-0.3, -0.25) is 4.90 Å². The normalized spacial score (nSPS) is 43.0. The van der Waals surface area contributed by atoms with Gasteiger partial charge in [0.15, 0.2) is 0 Å². The van der Waals surface area contributed by atoms with Gasteiger partial charge in [-0.1, -0.05) is 12.8 Å². The van der Waals surface area contributed by atoms with E-state index in [2.05, 4.69) is 11.8 Å². The molecule has 0 amide bonds. The van der Waals surface area contributed by atoms with Crippen LogP contribution in [0.25, 0.3) is 0 Å². The molecule has 0 aromatic carbocycles. The maximum Gasteiger partial charge on any atom is 0.0620 e. The number of hydrogen-bond acceptors (Lipinski definition) is 3. The fourth-order valence-corrected chi connectivity index (χ4v) is 4.35. The molecule has 1 aliphatic heterocycles. The van der Waals surface area contributed by atoms with E-state index in [0.717, 1.165) is 38.1 Å². The van der Waals surface area contributed by atoms with Crippen LogP contribution in [0.2, 0.25) is 0 Å². The summed E-state index contributed by atoms with van der Waals surface area (Å²) in [4.78, 5) is 2.69. The standard InChI is InChI=1S/C15H28N2O/c1-12-10-18-8-7-17(12)15(11-16)6-2-3-14(9-15)13-4-5-13/h12-14H,2-11,16H2,1H3. The molecule has 3 heteroatoms. The monoisotopic (exact) mass is 252 g/mol. The molecule has 2 N–H and O–H groups in total. The molecule has 2 saturated carbocycles. The Hall–Kier alpha value is -0.120. The summed E-state index contributed by atoms with van der Waals surface area (Å²) in [5.74, 6) is 1.99. The molecule has 1 heterocycles. The first-order valence-electron chi connectivity index (χ1n) is 7.80. The minimum absolute atomic E-state index is 0.286. The number of rotatable bonds is 3. The molecule has 104 valence electrons. The molecule has 3 aliphatic rings. The molecule has 3 unspecified atom stereocenters. The Labute approximate surface area is 111 Å². The number of hydrogen-bond donors (Lipinski definition) is 1. The van der Waals surface area contributed by atoms with Gasteiger partial charge in [-0.2, -0.15) is 0 Å². The van der Waals surface area contributed by atoms with Gasteiger partial charge in [-0.05, 0) is 44.4 Å². The molecule has 2 aliphatic carbocycles. The summed E-state index contributed by atoms with van der Waals surface area (Å²) in [6, 6.07) is 0.542. The van der Waals surface area contributed by atoms with Gasteiger partial charge in [0.1, 0.15) is 0 Å². The van der Waals surface area contributed by atoms with E-state index in [-0.39, 0.29) is 5.54 Å². The van der Waals surface area contributed by atoms with Crippen LogP contribution in [-0.4, -0.2) is 42.8 Å². The minimum atomic E-state index is 0.286. The van der Waals surface area contributed by atoms with E-state index < -0.39 is 0 Å². The van der Waals surface area contributed by atoms with E-state index in [0.29, 0.717) is 6.04 Å². The Morgan fingerprint density at radius 1 is 1.28 bits per heavy atom. The van der Waals surface area contributed by atoms with E-state index >= 15 is 0 Å². The zero-order valence-electron chi connectivity index (χ0n) is 11.7. The van der Waals surface area contributed by atoms with Crippen LogP contribution in [0.5, 0.6) is 0 Å². The average Bonchev–Trinajstić information content (AvgIpc) is 3.23. The Morgan fingerprint density at radius 3 is 2.78 bits per heavy atom. The highest BCUT2D eigenvalue weighted by molar-refractivity contribution is 5.01. The lowest BCUT2D eigenvalue weighted by Crippen LogP contribution is -2.62. The molecule has 0 spiro atoms. The summed E-state index contributed by atoms with van der Waals surface area (Å²) in [6.07, 6.45) is 8.43. The first-order chi connectivity index (χ1) is 8.75. The molecule has 0 bridgehead atoms. The zero-order valence-corrected chi connectivity index (χ0v) is 11.7. The molecule has 3 nitrogen and oxygen atoms in total. The average molecular weight is 252 g/mol. The van der Waals surface area contributed by atoms with Crippen molar-refractivity contribution in [3.63, 3.8) is 0 Å². The van der Waals surface area contributed by atoms with Crippen molar-refractivity contribution >= 4 is 0 Å². The van der Waals surface area contributed by atoms with Crippen molar-refractivity contribution < 1.29 is 4.74 Å². The van der Waals surface area contributed by atoms with Gasteiger partial charge in [0.05, 0.1) is 13.2 Å². The van der Waals surface area contributed by atoms with Crippen LogP contribution in [0, 0.1) is 11.8 Å². The predicted molar refractivity (Wildman–Crippen MR) is 73.5 cm³/mol. The fourth-order valence-electron chi connectivity index (χ4n) is 4.35. The summed E-state index contributed by atoms with van der Waals surface area (Å²) in [7, 11) is 0. The van der Waals surface area contributed by atoms with Crippen LogP contribution in [0.3, 0.4) is 0 Å². The van der Waals surface area contributed by atoms with Gasteiger partial charge >= 0.3 is 0 Å². The molecule has 0 aromatic rings. The van der Waals surface area contributed by atoms with Crippen molar-refractivity contribution in [3.05, 3.63) is 0 Å². The van der Waals surface area contributed by atoms with Crippen LogP contribution >= 0.6 is 0 Å². The van der Waals surface area contributed by atoms with E-state index in [1.165, 1.54) is 38.5 Å². The predicted octanol–water partition coefficient (Wildman–Crippen LogP) is 2.00. The minimum Gasteiger partial charge on any atom is -0.379 e. The third-order valence-corrected chi connectivity index (χ3v) is 5.50. The summed E-state index contributed by atoms with van der Waals surface area (Å²) >= 11 is 0. The van der Waals surface area contributed by atoms with Gasteiger partial charge < -0.3 is 10.5 Å². The summed E-state index contributed by atoms with van der Waals surface area (Å²) in [5.41, 5.74) is 6.52. The van der Waals surface area contributed by atoms with Crippen LogP contribution in [0.4, 0.5) is 0 Å². The molecule has 0 aromatic heterocycles. The van der Waals surface area contributed by atoms with E-state index in [9.17, 15) is 0 Å². The second-order valence-electron chi connectivity index (χ2n) is 6.74. The van der Waals surface area contributed by atoms with E-state index in [1.54, 1.807) is 0 Å². The molecular weight excluding hydrogens is 224 g/mol.